The molecule has 2 unspecified atom stereocenters. The summed E-state index contributed by atoms with van der Waals surface area (Å²) >= 11 is 1.90. The molecule has 1 aromatic heterocycles. The summed E-state index contributed by atoms with van der Waals surface area (Å²) < 4.78 is 0. The molecule has 0 spiro atoms. The van der Waals surface area contributed by atoms with Gasteiger partial charge < -0.3 is 5.32 Å². The van der Waals surface area contributed by atoms with Gasteiger partial charge in [-0.15, -0.1) is 11.3 Å². The summed E-state index contributed by atoms with van der Waals surface area (Å²) in [5, 5.41) is 3.71. The second-order valence-electron chi connectivity index (χ2n) is 4.72. The molecule has 0 aromatic carbocycles. The Kier molecular flexibility index (Phi) is 3.82. The predicted molar refractivity (Wildman–Crippen MR) is 72.1 cm³/mol. The van der Waals surface area contributed by atoms with Gasteiger partial charge in [-0.1, -0.05) is 12.2 Å². The second-order valence-corrected chi connectivity index (χ2v) is 6.18. The van der Waals surface area contributed by atoms with E-state index in [9.17, 15) is 0 Å². The van der Waals surface area contributed by atoms with E-state index in [1.54, 1.807) is 0 Å². The lowest BCUT2D eigenvalue weighted by Crippen LogP contribution is -2.31. The van der Waals surface area contributed by atoms with Gasteiger partial charge in [-0.05, 0) is 51.7 Å². The number of hydrogen-bond acceptors (Lipinski definition) is 2. The molecule has 1 aliphatic carbocycles. The highest BCUT2D eigenvalue weighted by molar-refractivity contribution is 7.12. The van der Waals surface area contributed by atoms with Gasteiger partial charge in [-0.2, -0.15) is 0 Å². The second kappa shape index (κ2) is 5.15. The number of hydrogen-bond donors (Lipinski definition) is 1. The van der Waals surface area contributed by atoms with Crippen molar-refractivity contribution in [2.45, 2.75) is 52.1 Å². The minimum atomic E-state index is 0.470. The molecule has 1 heterocycles. The van der Waals surface area contributed by atoms with E-state index in [0.29, 0.717) is 12.1 Å². The molecule has 2 heteroatoms. The van der Waals surface area contributed by atoms with E-state index in [1.807, 2.05) is 11.3 Å². The number of thiophene rings is 1. The summed E-state index contributed by atoms with van der Waals surface area (Å²) in [4.78, 5) is 2.87. The molecular formula is C14H21NS. The summed E-state index contributed by atoms with van der Waals surface area (Å²) in [6.45, 7) is 6.69. The SMILES string of the molecule is Cc1cc(C(C)NC2C=CCCC2)c(C)s1. The van der Waals surface area contributed by atoms with Crippen molar-refractivity contribution in [1.29, 1.82) is 0 Å². The number of rotatable bonds is 3. The van der Waals surface area contributed by atoms with Gasteiger partial charge in [0.15, 0.2) is 0 Å². The van der Waals surface area contributed by atoms with E-state index in [1.165, 1.54) is 34.6 Å². The first-order valence-electron chi connectivity index (χ1n) is 6.16. The zero-order valence-corrected chi connectivity index (χ0v) is 11.2. The van der Waals surface area contributed by atoms with Crippen LogP contribution < -0.4 is 5.32 Å². The van der Waals surface area contributed by atoms with Crippen LogP contribution in [0, 0.1) is 13.8 Å². The zero-order valence-electron chi connectivity index (χ0n) is 10.4. The molecule has 16 heavy (non-hydrogen) atoms. The first-order chi connectivity index (χ1) is 7.66. The van der Waals surface area contributed by atoms with Gasteiger partial charge in [0.1, 0.15) is 0 Å². The topological polar surface area (TPSA) is 12.0 Å². The molecule has 2 atom stereocenters. The predicted octanol–water partition coefficient (Wildman–Crippen LogP) is 4.12. The molecular weight excluding hydrogens is 214 g/mol. The molecule has 0 amide bonds. The third-order valence-electron chi connectivity index (χ3n) is 3.26. The van der Waals surface area contributed by atoms with Crippen molar-refractivity contribution in [3.05, 3.63) is 33.5 Å². The lowest BCUT2D eigenvalue weighted by Gasteiger charge is -2.23. The van der Waals surface area contributed by atoms with Crippen molar-refractivity contribution >= 4 is 11.3 Å². The van der Waals surface area contributed by atoms with Crippen LogP contribution in [0.1, 0.15) is 47.5 Å². The highest BCUT2D eigenvalue weighted by Gasteiger charge is 2.15. The molecule has 1 aromatic rings. The van der Waals surface area contributed by atoms with Crippen LogP contribution in [0.3, 0.4) is 0 Å². The molecule has 0 saturated heterocycles. The van der Waals surface area contributed by atoms with Crippen LogP contribution in [0.2, 0.25) is 0 Å². The summed E-state index contributed by atoms with van der Waals surface area (Å²) in [7, 11) is 0. The van der Waals surface area contributed by atoms with Crippen molar-refractivity contribution in [2.75, 3.05) is 0 Å². The lowest BCUT2D eigenvalue weighted by atomic mass is 10.0. The van der Waals surface area contributed by atoms with Gasteiger partial charge in [0.2, 0.25) is 0 Å². The average Bonchev–Trinajstić information content (AvgIpc) is 2.59. The van der Waals surface area contributed by atoms with E-state index in [4.69, 9.17) is 0 Å². The summed E-state index contributed by atoms with van der Waals surface area (Å²) in [5.74, 6) is 0. The summed E-state index contributed by atoms with van der Waals surface area (Å²) in [5.41, 5.74) is 1.47. The Morgan fingerprint density at radius 3 is 2.81 bits per heavy atom. The van der Waals surface area contributed by atoms with Crippen LogP contribution in [0.5, 0.6) is 0 Å². The fourth-order valence-electron chi connectivity index (χ4n) is 2.44. The Morgan fingerprint density at radius 2 is 2.25 bits per heavy atom. The molecule has 0 radical (unpaired) electrons. The Balaban J connectivity index is 2.02. The van der Waals surface area contributed by atoms with Gasteiger partial charge >= 0.3 is 0 Å². The van der Waals surface area contributed by atoms with Crippen LogP contribution in [0.4, 0.5) is 0 Å². The maximum absolute atomic E-state index is 3.71. The van der Waals surface area contributed by atoms with Gasteiger partial charge in [0.25, 0.3) is 0 Å². The van der Waals surface area contributed by atoms with Crippen molar-refractivity contribution in [3.63, 3.8) is 0 Å². The van der Waals surface area contributed by atoms with Crippen LogP contribution >= 0.6 is 11.3 Å². The quantitative estimate of drug-likeness (QED) is 0.777. The van der Waals surface area contributed by atoms with Crippen molar-refractivity contribution in [2.24, 2.45) is 0 Å². The number of nitrogens with one attached hydrogen (secondary N) is 1. The van der Waals surface area contributed by atoms with Crippen molar-refractivity contribution in [3.8, 4) is 0 Å². The standard InChI is InChI=1S/C14H21NS/c1-10-9-14(12(3)16-10)11(2)15-13-7-5-4-6-8-13/h5,7,9,11,13,15H,4,6,8H2,1-3H3. The largest absolute Gasteiger partial charge is 0.304 e. The Bertz CT molecular complexity index is 378. The summed E-state index contributed by atoms with van der Waals surface area (Å²) in [6, 6.07) is 3.37. The molecule has 0 bridgehead atoms. The van der Waals surface area contributed by atoms with Crippen molar-refractivity contribution < 1.29 is 0 Å². The highest BCUT2D eigenvalue weighted by Crippen LogP contribution is 2.27. The van der Waals surface area contributed by atoms with Gasteiger partial charge in [-0.3, -0.25) is 0 Å². The molecule has 1 N–H and O–H groups in total. The van der Waals surface area contributed by atoms with Gasteiger partial charge in [0, 0.05) is 21.8 Å². The Morgan fingerprint density at radius 1 is 1.44 bits per heavy atom. The first kappa shape index (κ1) is 11.9. The number of allylic oxidation sites excluding steroid dienone is 1. The Hall–Kier alpha value is -0.600. The van der Waals surface area contributed by atoms with Gasteiger partial charge in [-0.25, -0.2) is 0 Å². The fraction of sp³-hybridized carbons (Fsp3) is 0.571. The highest BCUT2D eigenvalue weighted by atomic mass is 32.1. The lowest BCUT2D eigenvalue weighted by molar-refractivity contribution is 0.467. The third-order valence-corrected chi connectivity index (χ3v) is 4.25. The van der Waals surface area contributed by atoms with E-state index in [2.05, 4.69) is 44.3 Å². The van der Waals surface area contributed by atoms with Crippen LogP contribution in [-0.2, 0) is 0 Å². The molecule has 1 aliphatic rings. The monoisotopic (exact) mass is 235 g/mol. The molecule has 2 rings (SSSR count). The molecule has 88 valence electrons. The van der Waals surface area contributed by atoms with E-state index in [-0.39, 0.29) is 0 Å². The zero-order chi connectivity index (χ0) is 11.5. The normalized spacial score (nSPS) is 22.3. The van der Waals surface area contributed by atoms with E-state index in [0.717, 1.165) is 0 Å². The minimum absolute atomic E-state index is 0.470. The molecule has 1 nitrogen and oxygen atoms in total. The van der Waals surface area contributed by atoms with E-state index < -0.39 is 0 Å². The third kappa shape index (κ3) is 2.74. The van der Waals surface area contributed by atoms with Crippen LogP contribution in [0.25, 0.3) is 0 Å². The first-order valence-corrected chi connectivity index (χ1v) is 6.98. The maximum Gasteiger partial charge on any atom is 0.0308 e. The smallest absolute Gasteiger partial charge is 0.0308 e. The van der Waals surface area contributed by atoms with Crippen LogP contribution in [-0.4, -0.2) is 6.04 Å². The minimum Gasteiger partial charge on any atom is -0.304 e. The fourth-order valence-corrected chi connectivity index (χ4v) is 3.46. The van der Waals surface area contributed by atoms with Crippen molar-refractivity contribution in [1.82, 2.24) is 5.32 Å². The summed E-state index contributed by atoms with van der Waals surface area (Å²) in [6.07, 6.45) is 8.49. The van der Waals surface area contributed by atoms with Crippen LogP contribution in [0.15, 0.2) is 18.2 Å². The maximum atomic E-state index is 3.71. The molecule has 0 fully saturated rings. The Labute approximate surface area is 103 Å². The average molecular weight is 235 g/mol. The van der Waals surface area contributed by atoms with Gasteiger partial charge in [0.05, 0.1) is 0 Å². The van der Waals surface area contributed by atoms with E-state index >= 15 is 0 Å². The molecule has 0 saturated carbocycles. The number of aryl methyl sites for hydroxylation is 2. The molecule has 0 aliphatic heterocycles.